The highest BCUT2D eigenvalue weighted by Gasteiger charge is 2.20. The van der Waals surface area contributed by atoms with Gasteiger partial charge in [-0.05, 0) is 38.6 Å². The van der Waals surface area contributed by atoms with Crippen LogP contribution in [0, 0.1) is 17.6 Å². The molecule has 0 spiro atoms. The molecular weight excluding hydrogens is 276 g/mol. The van der Waals surface area contributed by atoms with Crippen molar-refractivity contribution in [3.8, 4) is 0 Å². The minimum absolute atomic E-state index is 0.142. The predicted octanol–water partition coefficient (Wildman–Crippen LogP) is 2.25. The molecule has 1 amide bonds. The van der Waals surface area contributed by atoms with Crippen LogP contribution in [0.25, 0.3) is 0 Å². The minimum atomic E-state index is -0.887. The number of carbonyl (C=O) groups excluding carboxylic acids is 1. The molecule has 1 unspecified atom stereocenters. The number of carbonyl (C=O) groups is 1. The molecule has 0 saturated carbocycles. The first-order valence-corrected chi connectivity index (χ1v) is 6.90. The van der Waals surface area contributed by atoms with Crippen LogP contribution in [-0.2, 0) is 0 Å². The van der Waals surface area contributed by atoms with Gasteiger partial charge in [0.2, 0.25) is 0 Å². The average molecular weight is 299 g/mol. The first-order valence-electron chi connectivity index (χ1n) is 6.90. The fraction of sp³-hybridized carbons (Fsp3) is 0.533. The summed E-state index contributed by atoms with van der Waals surface area (Å²) >= 11 is 0. The lowest BCUT2D eigenvalue weighted by Crippen LogP contribution is -2.42. The Morgan fingerprint density at radius 2 is 1.95 bits per heavy atom. The van der Waals surface area contributed by atoms with E-state index in [1.54, 1.807) is 0 Å². The Morgan fingerprint density at radius 3 is 2.48 bits per heavy atom. The second kappa shape index (κ2) is 7.36. The van der Waals surface area contributed by atoms with Crippen LogP contribution in [-0.4, -0.2) is 37.5 Å². The zero-order valence-corrected chi connectivity index (χ0v) is 12.9. The smallest absolute Gasteiger partial charge is 0.254 e. The fourth-order valence-corrected chi connectivity index (χ4v) is 2.23. The van der Waals surface area contributed by atoms with E-state index in [4.69, 9.17) is 5.73 Å². The van der Waals surface area contributed by atoms with Gasteiger partial charge in [0.1, 0.15) is 5.82 Å². The number of amides is 1. The highest BCUT2D eigenvalue weighted by molar-refractivity contribution is 5.95. The summed E-state index contributed by atoms with van der Waals surface area (Å²) in [7, 11) is 3.78. The zero-order valence-electron chi connectivity index (χ0n) is 12.9. The minimum Gasteiger partial charge on any atom is -0.396 e. The van der Waals surface area contributed by atoms with Crippen molar-refractivity contribution in [1.29, 1.82) is 0 Å². The van der Waals surface area contributed by atoms with Gasteiger partial charge in [-0.15, -0.1) is 0 Å². The Balaban J connectivity index is 2.91. The lowest BCUT2D eigenvalue weighted by molar-refractivity contribution is 0.0920. The van der Waals surface area contributed by atoms with Gasteiger partial charge in [0.15, 0.2) is 5.82 Å². The molecular formula is C15H23F2N3O. The number of nitrogen functional groups attached to an aromatic ring is 1. The predicted molar refractivity (Wildman–Crippen MR) is 80.0 cm³/mol. The maximum atomic E-state index is 13.8. The van der Waals surface area contributed by atoms with Gasteiger partial charge in [-0.3, -0.25) is 4.79 Å². The molecule has 0 aromatic heterocycles. The molecule has 4 nitrogen and oxygen atoms in total. The number of halogens is 2. The van der Waals surface area contributed by atoms with Gasteiger partial charge in [-0.1, -0.05) is 13.8 Å². The van der Waals surface area contributed by atoms with Crippen LogP contribution in [0.1, 0.15) is 30.6 Å². The third-order valence-corrected chi connectivity index (χ3v) is 2.99. The van der Waals surface area contributed by atoms with E-state index in [-0.39, 0.29) is 17.3 Å². The first kappa shape index (κ1) is 17.4. The second-order valence-electron chi connectivity index (χ2n) is 5.92. The Bertz CT molecular complexity index is 494. The van der Waals surface area contributed by atoms with Crippen molar-refractivity contribution in [1.82, 2.24) is 10.2 Å². The van der Waals surface area contributed by atoms with E-state index in [0.717, 1.165) is 18.6 Å². The molecule has 0 fully saturated rings. The van der Waals surface area contributed by atoms with Crippen LogP contribution in [0.4, 0.5) is 14.5 Å². The Morgan fingerprint density at radius 1 is 1.33 bits per heavy atom. The molecule has 3 N–H and O–H groups in total. The van der Waals surface area contributed by atoms with E-state index in [0.29, 0.717) is 12.5 Å². The number of hydrogen-bond donors (Lipinski definition) is 2. The Kier molecular flexibility index (Phi) is 6.08. The number of anilines is 1. The van der Waals surface area contributed by atoms with Crippen molar-refractivity contribution < 1.29 is 13.6 Å². The normalized spacial score (nSPS) is 12.8. The summed E-state index contributed by atoms with van der Waals surface area (Å²) in [5, 5.41) is 2.75. The van der Waals surface area contributed by atoms with Crippen molar-refractivity contribution in [2.75, 3.05) is 26.4 Å². The molecule has 6 heteroatoms. The van der Waals surface area contributed by atoms with Gasteiger partial charge >= 0.3 is 0 Å². The van der Waals surface area contributed by atoms with Crippen LogP contribution in [0.2, 0.25) is 0 Å². The lowest BCUT2D eigenvalue weighted by Gasteiger charge is -2.24. The van der Waals surface area contributed by atoms with Gasteiger partial charge in [0, 0.05) is 12.6 Å². The van der Waals surface area contributed by atoms with Gasteiger partial charge in [0.05, 0.1) is 11.3 Å². The molecule has 0 aliphatic carbocycles. The quantitative estimate of drug-likeness (QED) is 0.792. The number of benzene rings is 1. The third-order valence-electron chi connectivity index (χ3n) is 2.99. The number of rotatable bonds is 6. The molecule has 0 saturated heterocycles. The van der Waals surface area contributed by atoms with Crippen molar-refractivity contribution in [3.63, 3.8) is 0 Å². The molecule has 0 heterocycles. The molecule has 1 aromatic carbocycles. The Labute approximate surface area is 124 Å². The highest BCUT2D eigenvalue weighted by atomic mass is 19.1. The largest absolute Gasteiger partial charge is 0.396 e. The van der Waals surface area contributed by atoms with E-state index in [2.05, 4.69) is 5.32 Å². The van der Waals surface area contributed by atoms with Crippen LogP contribution in [0.3, 0.4) is 0 Å². The third kappa shape index (κ3) is 5.30. The standard InChI is InChI=1S/C15H23F2N3O/c1-9(2)5-11(8-20(3)4)19-15(21)12-6-10(16)7-13(18)14(12)17/h6-7,9,11H,5,8,18H2,1-4H3,(H,19,21). The van der Waals surface area contributed by atoms with Crippen molar-refractivity contribution in [2.45, 2.75) is 26.3 Å². The van der Waals surface area contributed by atoms with Gasteiger partial charge in [-0.2, -0.15) is 0 Å². The van der Waals surface area contributed by atoms with Crippen LogP contribution in [0.15, 0.2) is 12.1 Å². The SMILES string of the molecule is CC(C)CC(CN(C)C)NC(=O)c1cc(F)cc(N)c1F. The van der Waals surface area contributed by atoms with Crippen molar-refractivity contribution in [2.24, 2.45) is 5.92 Å². The zero-order chi connectivity index (χ0) is 16.2. The highest BCUT2D eigenvalue weighted by Crippen LogP contribution is 2.18. The van der Waals surface area contributed by atoms with Gasteiger partial charge in [-0.25, -0.2) is 8.78 Å². The summed E-state index contributed by atoms with van der Waals surface area (Å²) in [6.45, 7) is 4.70. The molecule has 0 aliphatic heterocycles. The van der Waals surface area contributed by atoms with Gasteiger partial charge < -0.3 is 16.0 Å². The van der Waals surface area contributed by atoms with Crippen LogP contribution >= 0.6 is 0 Å². The summed E-state index contributed by atoms with van der Waals surface area (Å²) < 4.78 is 27.1. The molecule has 1 rings (SSSR count). The lowest BCUT2D eigenvalue weighted by atomic mass is 10.0. The van der Waals surface area contributed by atoms with E-state index in [1.807, 2.05) is 32.8 Å². The van der Waals surface area contributed by atoms with E-state index >= 15 is 0 Å². The number of nitrogens with two attached hydrogens (primary N) is 1. The molecule has 1 aromatic rings. The average Bonchev–Trinajstić information content (AvgIpc) is 2.31. The van der Waals surface area contributed by atoms with Gasteiger partial charge in [0.25, 0.3) is 5.91 Å². The van der Waals surface area contributed by atoms with Crippen molar-refractivity contribution in [3.05, 3.63) is 29.3 Å². The molecule has 118 valence electrons. The second-order valence-corrected chi connectivity index (χ2v) is 5.92. The molecule has 1 atom stereocenters. The monoisotopic (exact) mass is 299 g/mol. The van der Waals surface area contributed by atoms with Crippen molar-refractivity contribution >= 4 is 11.6 Å². The molecule has 0 bridgehead atoms. The summed E-state index contributed by atoms with van der Waals surface area (Å²) in [6, 6.07) is 1.58. The van der Waals surface area contributed by atoms with Crippen LogP contribution in [0.5, 0.6) is 0 Å². The maximum absolute atomic E-state index is 13.8. The van der Waals surface area contributed by atoms with E-state index < -0.39 is 17.5 Å². The maximum Gasteiger partial charge on any atom is 0.254 e. The number of likely N-dealkylation sites (N-methyl/N-ethyl adjacent to an activating group) is 1. The number of nitrogens with zero attached hydrogens (tertiary/aromatic N) is 1. The van der Waals surface area contributed by atoms with E-state index in [1.165, 1.54) is 0 Å². The summed E-state index contributed by atoms with van der Waals surface area (Å²) in [4.78, 5) is 14.1. The first-order chi connectivity index (χ1) is 9.70. The Hall–Kier alpha value is -1.69. The summed E-state index contributed by atoms with van der Waals surface area (Å²) in [6.07, 6.45) is 0.746. The summed E-state index contributed by atoms with van der Waals surface area (Å²) in [5.74, 6) is -1.89. The molecule has 0 radical (unpaired) electrons. The fourth-order valence-electron chi connectivity index (χ4n) is 2.23. The molecule has 0 aliphatic rings. The van der Waals surface area contributed by atoms with E-state index in [9.17, 15) is 13.6 Å². The van der Waals surface area contributed by atoms with Crippen LogP contribution < -0.4 is 11.1 Å². The number of nitrogens with one attached hydrogen (secondary N) is 1. The molecule has 21 heavy (non-hydrogen) atoms. The summed E-state index contributed by atoms with van der Waals surface area (Å²) in [5.41, 5.74) is 4.62. The number of hydrogen-bond acceptors (Lipinski definition) is 3. The topological polar surface area (TPSA) is 58.4 Å².